The van der Waals surface area contributed by atoms with E-state index in [0.717, 1.165) is 0 Å². The van der Waals surface area contributed by atoms with Crippen molar-refractivity contribution < 1.29 is 0 Å². The van der Waals surface area contributed by atoms with Gasteiger partial charge in [0.25, 0.3) is 0 Å². The average molecular weight is 133 g/mol. The Kier molecular flexibility index (Phi) is 19.3. The number of rotatable bonds is 3. The van der Waals surface area contributed by atoms with Gasteiger partial charge in [-0.15, -0.1) is 0 Å². The quantitative estimate of drug-likeness (QED) is 0.572. The van der Waals surface area contributed by atoms with Crippen molar-refractivity contribution in [1.82, 2.24) is 4.90 Å². The molecule has 0 rings (SSSR count). The van der Waals surface area contributed by atoms with E-state index in [0.29, 0.717) is 0 Å². The van der Waals surface area contributed by atoms with E-state index < -0.39 is 0 Å². The second kappa shape index (κ2) is 10.9. The monoisotopic (exact) mass is 133 g/mol. The lowest BCUT2D eigenvalue weighted by Gasteiger charge is -2.05. The molecule has 0 unspecified atom stereocenters. The van der Waals surface area contributed by atoms with Crippen molar-refractivity contribution in [3.8, 4) is 0 Å². The molecule has 1 heteroatoms. The first-order valence-electron chi connectivity index (χ1n) is 2.92. The molecule has 0 radical (unpaired) electrons. The Morgan fingerprint density at radius 2 is 1.56 bits per heavy atom. The summed E-state index contributed by atoms with van der Waals surface area (Å²) in [5.41, 5.74) is 0. The van der Waals surface area contributed by atoms with Gasteiger partial charge in [-0.3, -0.25) is 0 Å². The minimum atomic E-state index is 0. The average Bonchev–Trinajstić information content (AvgIpc) is 1.61. The van der Waals surface area contributed by atoms with Crippen molar-refractivity contribution in [3.05, 3.63) is 0 Å². The lowest BCUT2D eigenvalue weighted by Crippen LogP contribution is -2.12. The summed E-state index contributed by atoms with van der Waals surface area (Å²) in [5.74, 6) is 0. The predicted octanol–water partition coefficient (Wildman–Crippen LogP) is 2.62. The first kappa shape index (κ1) is 16.0. The number of hydrogen-bond acceptors (Lipinski definition) is 1. The topological polar surface area (TPSA) is 3.24 Å². The van der Waals surface area contributed by atoms with Crippen molar-refractivity contribution in [2.75, 3.05) is 20.6 Å². The molecule has 0 aromatic heterocycles. The Morgan fingerprint density at radius 1 is 1.11 bits per heavy atom. The summed E-state index contributed by atoms with van der Waals surface area (Å²) in [5, 5.41) is 0. The molecule has 1 nitrogen and oxygen atoms in total. The molecule has 0 aromatic rings. The molecule has 0 saturated carbocycles. The van der Waals surface area contributed by atoms with E-state index in [-0.39, 0.29) is 14.9 Å². The van der Waals surface area contributed by atoms with Gasteiger partial charge in [0.2, 0.25) is 0 Å². The molecule has 0 fully saturated rings. The van der Waals surface area contributed by atoms with Crippen LogP contribution in [0.4, 0.5) is 0 Å². The molecule has 0 aliphatic rings. The van der Waals surface area contributed by atoms with E-state index in [9.17, 15) is 0 Å². The Labute approximate surface area is 61.1 Å². The van der Waals surface area contributed by atoms with E-state index in [1.54, 1.807) is 0 Å². The largest absolute Gasteiger partial charge is 0.309 e. The van der Waals surface area contributed by atoms with Crippen LogP contribution in [0.5, 0.6) is 0 Å². The van der Waals surface area contributed by atoms with Gasteiger partial charge in [0.15, 0.2) is 0 Å². The minimum Gasteiger partial charge on any atom is -0.309 e. The van der Waals surface area contributed by atoms with Crippen LogP contribution >= 0.6 is 0 Å². The minimum absolute atomic E-state index is 0. The fourth-order valence-electron chi connectivity index (χ4n) is 0.474. The second-order valence-electron chi connectivity index (χ2n) is 2.16. The fourth-order valence-corrected chi connectivity index (χ4v) is 0.474. The van der Waals surface area contributed by atoms with Crippen LogP contribution in [0, 0.1) is 0 Å². The van der Waals surface area contributed by atoms with Gasteiger partial charge in [0.05, 0.1) is 0 Å². The maximum absolute atomic E-state index is 2.21. The van der Waals surface area contributed by atoms with Crippen LogP contribution in [0.1, 0.15) is 34.6 Å². The Morgan fingerprint density at radius 3 is 1.67 bits per heavy atom. The summed E-state index contributed by atoms with van der Waals surface area (Å²) >= 11 is 0. The van der Waals surface area contributed by atoms with E-state index >= 15 is 0 Å². The lowest BCUT2D eigenvalue weighted by molar-refractivity contribution is 0.398. The van der Waals surface area contributed by atoms with Gasteiger partial charge >= 0.3 is 0 Å². The molecule has 0 N–H and O–H groups in total. The number of hydrogen-bond donors (Lipinski definition) is 0. The summed E-state index contributed by atoms with van der Waals surface area (Å²) in [6, 6.07) is 0. The molecule has 60 valence electrons. The first-order chi connectivity index (χ1) is 3.27. The maximum Gasteiger partial charge on any atom is -0.00249 e. The highest BCUT2D eigenvalue weighted by Gasteiger charge is 1.83. The highest BCUT2D eigenvalue weighted by Crippen LogP contribution is 1.86. The zero-order valence-electron chi connectivity index (χ0n) is 5.57. The number of nitrogens with zero attached hydrogens (tertiary/aromatic N) is 1. The fraction of sp³-hybridized carbons (Fsp3) is 1.00. The third-order valence-electron chi connectivity index (χ3n) is 0.959. The molecule has 0 bridgehead atoms. The maximum atomic E-state index is 2.21. The van der Waals surface area contributed by atoms with Gasteiger partial charge in [-0.2, -0.15) is 0 Å². The van der Waals surface area contributed by atoms with Gasteiger partial charge in [-0.1, -0.05) is 28.2 Å². The highest BCUT2D eigenvalue weighted by atomic mass is 15.0. The van der Waals surface area contributed by atoms with Crippen molar-refractivity contribution in [3.63, 3.8) is 0 Å². The standard InChI is InChI=1S/C6H15N.2CH4/c1-4-5-6-7(2)3;;/h4-6H2,1-3H3;2*1H4. The Hall–Kier alpha value is -0.0400. The summed E-state index contributed by atoms with van der Waals surface area (Å²) in [6.45, 7) is 3.44. The summed E-state index contributed by atoms with van der Waals surface area (Å²) in [6.07, 6.45) is 2.63. The predicted molar refractivity (Wildman–Crippen MR) is 46.9 cm³/mol. The van der Waals surface area contributed by atoms with Crippen LogP contribution in [-0.4, -0.2) is 25.5 Å². The molecule has 0 aromatic carbocycles. The van der Waals surface area contributed by atoms with Crippen molar-refractivity contribution in [1.29, 1.82) is 0 Å². The van der Waals surface area contributed by atoms with Crippen LogP contribution in [0.3, 0.4) is 0 Å². The van der Waals surface area contributed by atoms with Crippen molar-refractivity contribution >= 4 is 0 Å². The Bertz CT molecular complexity index is 33.5. The molecule has 9 heavy (non-hydrogen) atoms. The first-order valence-corrected chi connectivity index (χ1v) is 2.92. The van der Waals surface area contributed by atoms with Crippen molar-refractivity contribution in [2.45, 2.75) is 34.6 Å². The van der Waals surface area contributed by atoms with Gasteiger partial charge in [-0.25, -0.2) is 0 Å². The lowest BCUT2D eigenvalue weighted by atomic mass is 10.3. The van der Waals surface area contributed by atoms with Crippen LogP contribution in [0.15, 0.2) is 0 Å². The van der Waals surface area contributed by atoms with E-state index in [2.05, 4.69) is 25.9 Å². The van der Waals surface area contributed by atoms with Gasteiger partial charge < -0.3 is 4.90 Å². The summed E-state index contributed by atoms with van der Waals surface area (Å²) in [4.78, 5) is 2.21. The third-order valence-corrected chi connectivity index (χ3v) is 0.959. The molecule has 0 aliphatic heterocycles. The smallest absolute Gasteiger partial charge is 0.00249 e. The van der Waals surface area contributed by atoms with Crippen LogP contribution < -0.4 is 0 Å². The molecule has 0 heterocycles. The zero-order valence-corrected chi connectivity index (χ0v) is 5.57. The SMILES string of the molecule is C.C.CCCCN(C)C. The summed E-state index contributed by atoms with van der Waals surface area (Å²) < 4.78 is 0. The third kappa shape index (κ3) is 18.0. The van der Waals surface area contributed by atoms with Crippen molar-refractivity contribution in [2.24, 2.45) is 0 Å². The molecule has 0 amide bonds. The van der Waals surface area contributed by atoms with E-state index in [4.69, 9.17) is 0 Å². The Balaban J connectivity index is -0.000000180. The van der Waals surface area contributed by atoms with Crippen LogP contribution in [0.25, 0.3) is 0 Å². The normalized spacial score (nSPS) is 8.00. The molecular weight excluding hydrogens is 110 g/mol. The molecule has 0 saturated heterocycles. The molecule has 0 aliphatic carbocycles. The van der Waals surface area contributed by atoms with Gasteiger partial charge in [0, 0.05) is 0 Å². The van der Waals surface area contributed by atoms with Crippen LogP contribution in [0.2, 0.25) is 0 Å². The van der Waals surface area contributed by atoms with Crippen LogP contribution in [-0.2, 0) is 0 Å². The molecule has 0 atom stereocenters. The molecular formula is C8H23N. The number of unbranched alkanes of at least 4 members (excludes halogenated alkanes) is 1. The van der Waals surface area contributed by atoms with Gasteiger partial charge in [-0.05, 0) is 27.1 Å². The zero-order chi connectivity index (χ0) is 5.70. The van der Waals surface area contributed by atoms with E-state index in [1.165, 1.54) is 19.4 Å². The second-order valence-corrected chi connectivity index (χ2v) is 2.16. The van der Waals surface area contributed by atoms with E-state index in [1.807, 2.05) is 0 Å². The summed E-state index contributed by atoms with van der Waals surface area (Å²) in [7, 11) is 4.21. The highest BCUT2D eigenvalue weighted by molar-refractivity contribution is 4.39. The molecule has 0 spiro atoms. The van der Waals surface area contributed by atoms with Gasteiger partial charge in [0.1, 0.15) is 0 Å².